The van der Waals surface area contributed by atoms with Crippen LogP contribution in [0.3, 0.4) is 0 Å². The predicted octanol–water partition coefficient (Wildman–Crippen LogP) is 2.38. The molecule has 0 bridgehead atoms. The fraction of sp³-hybridized carbons (Fsp3) is 0.304. The molecule has 32 heavy (non-hydrogen) atoms. The Kier molecular flexibility index (Phi) is 7.53. The number of nitrogens with zero attached hydrogens (tertiary/aromatic N) is 2. The van der Waals surface area contributed by atoms with E-state index in [-0.39, 0.29) is 30.7 Å². The van der Waals surface area contributed by atoms with Crippen molar-refractivity contribution in [2.45, 2.75) is 18.7 Å². The van der Waals surface area contributed by atoms with Crippen LogP contribution in [0.15, 0.2) is 47.4 Å². The van der Waals surface area contributed by atoms with Crippen LogP contribution >= 0.6 is 11.8 Å². The average Bonchev–Trinajstić information content (AvgIpc) is 2.76. The lowest BCUT2D eigenvalue weighted by Gasteiger charge is -2.28. The first kappa shape index (κ1) is 23.3. The number of esters is 1. The number of hydrogen-bond acceptors (Lipinski definition) is 6. The zero-order valence-corrected chi connectivity index (χ0v) is 19.0. The van der Waals surface area contributed by atoms with Crippen molar-refractivity contribution in [1.82, 2.24) is 4.90 Å². The van der Waals surface area contributed by atoms with E-state index >= 15 is 0 Å². The van der Waals surface area contributed by atoms with Gasteiger partial charge in [0.1, 0.15) is 6.54 Å². The molecule has 0 saturated carbocycles. The number of rotatable bonds is 7. The highest BCUT2D eigenvalue weighted by Gasteiger charge is 2.27. The van der Waals surface area contributed by atoms with Gasteiger partial charge in [-0.3, -0.25) is 24.1 Å². The molecule has 168 valence electrons. The quantitative estimate of drug-likeness (QED) is 0.644. The minimum absolute atomic E-state index is 0.181. The smallest absolute Gasteiger partial charge is 0.326 e. The van der Waals surface area contributed by atoms with E-state index in [2.05, 4.69) is 5.32 Å². The van der Waals surface area contributed by atoms with Crippen molar-refractivity contribution in [3.63, 3.8) is 0 Å². The Balaban J connectivity index is 1.49. The van der Waals surface area contributed by atoms with Crippen LogP contribution in [0.4, 0.5) is 11.4 Å². The van der Waals surface area contributed by atoms with Gasteiger partial charge in [-0.15, -0.1) is 11.8 Å². The highest BCUT2D eigenvalue weighted by atomic mass is 32.2. The predicted molar refractivity (Wildman–Crippen MR) is 123 cm³/mol. The van der Waals surface area contributed by atoms with Crippen LogP contribution in [-0.4, -0.2) is 61.1 Å². The summed E-state index contributed by atoms with van der Waals surface area (Å²) in [5, 5.41) is 2.81. The van der Waals surface area contributed by atoms with E-state index in [9.17, 15) is 19.2 Å². The van der Waals surface area contributed by atoms with Crippen LogP contribution in [0.1, 0.15) is 11.1 Å². The van der Waals surface area contributed by atoms with Gasteiger partial charge >= 0.3 is 5.97 Å². The number of thioether (sulfide) groups is 1. The number of anilines is 2. The summed E-state index contributed by atoms with van der Waals surface area (Å²) in [5.74, 6) is -1.52. The zero-order chi connectivity index (χ0) is 23.3. The molecule has 3 rings (SSSR count). The van der Waals surface area contributed by atoms with Gasteiger partial charge in [-0.1, -0.05) is 30.3 Å². The van der Waals surface area contributed by atoms with Crippen LogP contribution in [0.2, 0.25) is 0 Å². The largest absolute Gasteiger partial charge is 0.454 e. The molecule has 0 fully saturated rings. The second kappa shape index (κ2) is 10.3. The van der Waals surface area contributed by atoms with Gasteiger partial charge in [0.15, 0.2) is 6.61 Å². The van der Waals surface area contributed by atoms with Gasteiger partial charge in [0.25, 0.3) is 5.91 Å². The molecule has 8 nitrogen and oxygen atoms in total. The number of fused-ring (bicyclic) bond motifs is 1. The van der Waals surface area contributed by atoms with E-state index in [1.54, 1.807) is 12.1 Å². The molecule has 0 atom stereocenters. The Labute approximate surface area is 190 Å². The molecule has 1 heterocycles. The van der Waals surface area contributed by atoms with Crippen molar-refractivity contribution in [2.24, 2.45) is 0 Å². The van der Waals surface area contributed by atoms with Gasteiger partial charge in [-0.25, -0.2) is 0 Å². The highest BCUT2D eigenvalue weighted by Crippen LogP contribution is 2.34. The van der Waals surface area contributed by atoms with Gasteiger partial charge < -0.3 is 15.0 Å². The van der Waals surface area contributed by atoms with E-state index in [1.807, 2.05) is 44.2 Å². The summed E-state index contributed by atoms with van der Waals surface area (Å²) in [6.45, 7) is 2.81. The minimum Gasteiger partial charge on any atom is -0.454 e. The molecule has 0 saturated heterocycles. The fourth-order valence-corrected chi connectivity index (χ4v) is 4.18. The number of amides is 3. The van der Waals surface area contributed by atoms with E-state index in [4.69, 9.17) is 4.74 Å². The third kappa shape index (κ3) is 5.67. The lowest BCUT2D eigenvalue weighted by Crippen LogP contribution is -2.41. The molecular weight excluding hydrogens is 430 g/mol. The maximum absolute atomic E-state index is 12.3. The van der Waals surface area contributed by atoms with Crippen LogP contribution in [0.25, 0.3) is 0 Å². The summed E-state index contributed by atoms with van der Waals surface area (Å²) < 4.78 is 5.07. The number of ether oxygens (including phenoxy) is 1. The number of nitrogens with one attached hydrogen (secondary N) is 1. The molecule has 0 radical (unpaired) electrons. The molecule has 0 unspecified atom stereocenters. The number of para-hydroxylation sites is 2. The number of carbonyl (C=O) groups is 4. The Morgan fingerprint density at radius 2 is 1.78 bits per heavy atom. The number of aryl methyl sites for hydroxylation is 2. The van der Waals surface area contributed by atoms with Crippen molar-refractivity contribution < 1.29 is 23.9 Å². The Morgan fingerprint density at radius 3 is 2.50 bits per heavy atom. The molecule has 1 aliphatic heterocycles. The summed E-state index contributed by atoms with van der Waals surface area (Å²) in [6, 6.07) is 13.0. The normalized spacial score (nSPS) is 12.7. The van der Waals surface area contributed by atoms with Crippen LogP contribution < -0.4 is 10.2 Å². The van der Waals surface area contributed by atoms with Gasteiger partial charge in [0.05, 0.1) is 18.0 Å². The van der Waals surface area contributed by atoms with Gasteiger partial charge in [0, 0.05) is 17.6 Å². The third-order valence-electron chi connectivity index (χ3n) is 5.00. The van der Waals surface area contributed by atoms with Crippen molar-refractivity contribution in [1.29, 1.82) is 0 Å². The molecular formula is C23H25N3O5S. The molecule has 0 aliphatic carbocycles. The SMILES string of the molecule is Cc1cccc(C)c1NC(=O)CN(C)C(=O)COC(=O)CN1C(=O)CSc2ccccc21. The number of benzene rings is 2. The molecule has 0 spiro atoms. The molecule has 0 aromatic heterocycles. The molecule has 1 aliphatic rings. The third-order valence-corrected chi connectivity index (χ3v) is 6.05. The van der Waals surface area contributed by atoms with Crippen LogP contribution in [0.5, 0.6) is 0 Å². The van der Waals surface area contributed by atoms with Gasteiger partial charge in [-0.2, -0.15) is 0 Å². The number of carbonyl (C=O) groups excluding carboxylic acids is 4. The maximum Gasteiger partial charge on any atom is 0.326 e. The summed E-state index contributed by atoms with van der Waals surface area (Å²) in [6.07, 6.45) is 0. The first-order chi connectivity index (χ1) is 15.3. The summed E-state index contributed by atoms with van der Waals surface area (Å²) >= 11 is 1.42. The van der Waals surface area contributed by atoms with Crippen molar-refractivity contribution >= 4 is 46.8 Å². The fourth-order valence-electron chi connectivity index (χ4n) is 3.25. The Hall–Kier alpha value is -3.33. The van der Waals surface area contributed by atoms with Gasteiger partial charge in [-0.05, 0) is 37.1 Å². The first-order valence-electron chi connectivity index (χ1n) is 10.0. The van der Waals surface area contributed by atoms with Gasteiger partial charge in [0.2, 0.25) is 11.8 Å². The Bertz CT molecular complexity index is 1040. The van der Waals surface area contributed by atoms with E-state index < -0.39 is 18.5 Å². The van der Waals surface area contributed by atoms with Crippen molar-refractivity contribution in [3.8, 4) is 0 Å². The molecule has 2 aromatic carbocycles. The van der Waals surface area contributed by atoms with E-state index in [0.717, 1.165) is 21.7 Å². The first-order valence-corrected chi connectivity index (χ1v) is 11.0. The second-order valence-corrected chi connectivity index (χ2v) is 8.48. The average molecular weight is 456 g/mol. The van der Waals surface area contributed by atoms with Crippen molar-refractivity contribution in [2.75, 3.05) is 42.7 Å². The summed E-state index contributed by atoms with van der Waals surface area (Å²) in [7, 11) is 1.46. The molecule has 1 N–H and O–H groups in total. The van der Waals surface area contributed by atoms with Crippen LogP contribution in [-0.2, 0) is 23.9 Å². The number of likely N-dealkylation sites (N-methyl/N-ethyl adjacent to an activating group) is 1. The Morgan fingerprint density at radius 1 is 1.09 bits per heavy atom. The van der Waals surface area contributed by atoms with Crippen molar-refractivity contribution in [3.05, 3.63) is 53.6 Å². The van der Waals surface area contributed by atoms with E-state index in [0.29, 0.717) is 5.69 Å². The lowest BCUT2D eigenvalue weighted by molar-refractivity contribution is -0.151. The van der Waals surface area contributed by atoms with E-state index in [1.165, 1.54) is 28.6 Å². The zero-order valence-electron chi connectivity index (χ0n) is 18.2. The molecule has 3 amide bonds. The highest BCUT2D eigenvalue weighted by molar-refractivity contribution is 8.00. The summed E-state index contributed by atoms with van der Waals surface area (Å²) in [4.78, 5) is 52.6. The molecule has 9 heteroatoms. The summed E-state index contributed by atoms with van der Waals surface area (Å²) in [5.41, 5.74) is 3.22. The minimum atomic E-state index is -0.693. The number of hydrogen-bond donors (Lipinski definition) is 1. The topological polar surface area (TPSA) is 96.0 Å². The monoisotopic (exact) mass is 455 g/mol. The molecule has 2 aromatic rings. The standard InChI is InChI=1S/C23H25N3O5S/c1-15-7-6-8-16(2)23(15)24-19(27)11-25(3)20(28)13-31-22(30)12-26-17-9-4-5-10-18(17)32-14-21(26)29/h4-10H,11-14H2,1-3H3,(H,24,27). The maximum atomic E-state index is 12.3. The lowest BCUT2D eigenvalue weighted by atomic mass is 10.1. The second-order valence-electron chi connectivity index (χ2n) is 7.46. The van der Waals surface area contributed by atoms with Crippen LogP contribution in [0, 0.1) is 13.8 Å².